The van der Waals surface area contributed by atoms with Crippen molar-refractivity contribution in [3.63, 3.8) is 0 Å². The lowest BCUT2D eigenvalue weighted by Crippen LogP contribution is -2.38. The largest absolute Gasteiger partial charge is 0.352 e. The van der Waals surface area contributed by atoms with Crippen molar-refractivity contribution in [1.82, 2.24) is 15.1 Å². The van der Waals surface area contributed by atoms with Crippen molar-refractivity contribution in [3.05, 3.63) is 53.9 Å². The molecule has 3 N–H and O–H groups in total. The molecule has 1 amide bonds. The molecule has 2 aromatic rings. The summed E-state index contributed by atoms with van der Waals surface area (Å²) in [6.07, 6.45) is 3.68. The predicted molar refractivity (Wildman–Crippen MR) is 82.4 cm³/mol. The van der Waals surface area contributed by atoms with Gasteiger partial charge in [-0.3, -0.25) is 9.48 Å². The second kappa shape index (κ2) is 7.04. The van der Waals surface area contributed by atoms with Gasteiger partial charge in [0, 0.05) is 30.9 Å². The van der Waals surface area contributed by atoms with Gasteiger partial charge in [0.25, 0.3) is 0 Å². The van der Waals surface area contributed by atoms with E-state index < -0.39 is 0 Å². The van der Waals surface area contributed by atoms with Gasteiger partial charge in [0.15, 0.2) is 0 Å². The molecule has 0 fully saturated rings. The van der Waals surface area contributed by atoms with E-state index in [9.17, 15) is 4.79 Å². The van der Waals surface area contributed by atoms with Crippen LogP contribution in [0, 0.1) is 5.92 Å². The van der Waals surface area contributed by atoms with Gasteiger partial charge in [-0.2, -0.15) is 5.10 Å². The highest BCUT2D eigenvalue weighted by molar-refractivity contribution is 5.78. The summed E-state index contributed by atoms with van der Waals surface area (Å²) in [6.45, 7) is 4.89. The highest BCUT2D eigenvalue weighted by atomic mass is 16.1. The van der Waals surface area contributed by atoms with E-state index in [0.29, 0.717) is 13.1 Å². The van der Waals surface area contributed by atoms with Gasteiger partial charge in [0.05, 0.1) is 6.54 Å². The van der Waals surface area contributed by atoms with E-state index >= 15 is 0 Å². The van der Waals surface area contributed by atoms with Crippen LogP contribution in [0.5, 0.6) is 0 Å². The van der Waals surface area contributed by atoms with E-state index in [0.717, 1.165) is 11.1 Å². The quantitative estimate of drug-likeness (QED) is 0.846. The van der Waals surface area contributed by atoms with Gasteiger partial charge >= 0.3 is 0 Å². The molecule has 0 radical (unpaired) electrons. The second-order valence-electron chi connectivity index (χ2n) is 5.34. The normalized spacial score (nSPS) is 13.7. The lowest BCUT2D eigenvalue weighted by Gasteiger charge is -2.16. The standard InChI is InChI=1S/C16H22N4O/c1-12(13(2)17)16(21)18-10-14-6-3-4-7-15(14)11-20-9-5-8-19-20/h3-9,12-13H,10-11,17H2,1-2H3,(H,18,21). The fraction of sp³-hybridized carbons (Fsp3) is 0.375. The van der Waals surface area contributed by atoms with Gasteiger partial charge in [0.1, 0.15) is 0 Å². The van der Waals surface area contributed by atoms with E-state index in [1.165, 1.54) is 0 Å². The molecule has 21 heavy (non-hydrogen) atoms. The van der Waals surface area contributed by atoms with Crippen molar-refractivity contribution < 1.29 is 4.79 Å². The van der Waals surface area contributed by atoms with Crippen molar-refractivity contribution in [2.24, 2.45) is 11.7 Å². The Hall–Kier alpha value is -2.14. The van der Waals surface area contributed by atoms with Crippen LogP contribution in [0.2, 0.25) is 0 Å². The minimum atomic E-state index is -0.191. The number of aromatic nitrogens is 2. The molecule has 0 spiro atoms. The fourth-order valence-corrected chi connectivity index (χ4v) is 2.03. The summed E-state index contributed by atoms with van der Waals surface area (Å²) < 4.78 is 1.87. The lowest BCUT2D eigenvalue weighted by atomic mass is 10.0. The van der Waals surface area contributed by atoms with Crippen LogP contribution >= 0.6 is 0 Å². The number of nitrogens with two attached hydrogens (primary N) is 1. The average Bonchev–Trinajstić information content (AvgIpc) is 2.98. The maximum Gasteiger partial charge on any atom is 0.224 e. The minimum absolute atomic E-state index is 0.0149. The van der Waals surface area contributed by atoms with Crippen molar-refractivity contribution in [2.45, 2.75) is 33.0 Å². The summed E-state index contributed by atoms with van der Waals surface area (Å²) >= 11 is 0. The summed E-state index contributed by atoms with van der Waals surface area (Å²) in [5.41, 5.74) is 8.00. The summed E-state index contributed by atoms with van der Waals surface area (Å²) in [6, 6.07) is 9.80. The van der Waals surface area contributed by atoms with E-state index in [1.54, 1.807) is 6.20 Å². The third kappa shape index (κ3) is 4.16. The van der Waals surface area contributed by atoms with Crippen LogP contribution in [0.15, 0.2) is 42.7 Å². The third-order valence-corrected chi connectivity index (χ3v) is 3.67. The fourth-order valence-electron chi connectivity index (χ4n) is 2.03. The Morgan fingerprint density at radius 2 is 2.00 bits per heavy atom. The number of hydrogen-bond donors (Lipinski definition) is 2. The molecule has 0 aliphatic carbocycles. The Kier molecular flexibility index (Phi) is 5.11. The number of hydrogen-bond acceptors (Lipinski definition) is 3. The van der Waals surface area contributed by atoms with E-state index in [-0.39, 0.29) is 17.9 Å². The molecule has 0 saturated carbocycles. The molecule has 0 aliphatic rings. The molecule has 2 unspecified atom stereocenters. The smallest absolute Gasteiger partial charge is 0.224 e. The molecular formula is C16H22N4O. The van der Waals surface area contributed by atoms with Gasteiger partial charge in [-0.05, 0) is 24.1 Å². The summed E-state index contributed by atoms with van der Waals surface area (Å²) in [4.78, 5) is 12.0. The van der Waals surface area contributed by atoms with Gasteiger partial charge < -0.3 is 11.1 Å². The van der Waals surface area contributed by atoms with E-state index in [2.05, 4.69) is 16.5 Å². The maximum atomic E-state index is 12.0. The van der Waals surface area contributed by atoms with Crippen molar-refractivity contribution in [3.8, 4) is 0 Å². The SMILES string of the molecule is CC(N)C(C)C(=O)NCc1ccccc1Cn1cccn1. The number of nitrogens with zero attached hydrogens (tertiary/aromatic N) is 2. The van der Waals surface area contributed by atoms with Gasteiger partial charge in [-0.25, -0.2) is 0 Å². The van der Waals surface area contributed by atoms with Crippen LogP contribution in [0.3, 0.4) is 0 Å². The number of benzene rings is 1. The number of amides is 1. The first-order valence-corrected chi connectivity index (χ1v) is 7.15. The molecule has 2 atom stereocenters. The monoisotopic (exact) mass is 286 g/mol. The Labute approximate surface area is 125 Å². The first kappa shape index (κ1) is 15.3. The first-order valence-electron chi connectivity index (χ1n) is 7.15. The summed E-state index contributed by atoms with van der Waals surface area (Å²) in [5, 5.41) is 7.16. The zero-order valence-electron chi connectivity index (χ0n) is 12.5. The van der Waals surface area contributed by atoms with Gasteiger partial charge in [0.2, 0.25) is 5.91 Å². The maximum absolute atomic E-state index is 12.0. The van der Waals surface area contributed by atoms with Crippen LogP contribution in [0.25, 0.3) is 0 Å². The van der Waals surface area contributed by atoms with Gasteiger partial charge in [-0.1, -0.05) is 31.2 Å². The molecule has 1 aromatic heterocycles. The Morgan fingerprint density at radius 3 is 2.62 bits per heavy atom. The molecule has 5 nitrogen and oxygen atoms in total. The summed E-state index contributed by atoms with van der Waals surface area (Å²) in [5.74, 6) is -0.206. The molecule has 1 aromatic carbocycles. The van der Waals surface area contributed by atoms with Crippen LogP contribution in [-0.4, -0.2) is 21.7 Å². The summed E-state index contributed by atoms with van der Waals surface area (Å²) in [7, 11) is 0. The number of rotatable bonds is 6. The van der Waals surface area contributed by atoms with Crippen LogP contribution in [0.4, 0.5) is 0 Å². The Bertz CT molecular complexity index is 578. The molecule has 1 heterocycles. The van der Waals surface area contributed by atoms with Crippen molar-refractivity contribution in [1.29, 1.82) is 0 Å². The molecule has 0 aliphatic heterocycles. The van der Waals surface area contributed by atoms with E-state index in [4.69, 9.17) is 5.73 Å². The topological polar surface area (TPSA) is 72.9 Å². The minimum Gasteiger partial charge on any atom is -0.352 e. The molecule has 2 rings (SSSR count). The predicted octanol–water partition coefficient (Wildman–Crippen LogP) is 1.53. The molecular weight excluding hydrogens is 264 g/mol. The van der Waals surface area contributed by atoms with Crippen molar-refractivity contribution in [2.75, 3.05) is 0 Å². The molecule has 0 bridgehead atoms. The third-order valence-electron chi connectivity index (χ3n) is 3.67. The highest BCUT2D eigenvalue weighted by Crippen LogP contribution is 2.11. The number of carbonyl (C=O) groups is 1. The molecule has 0 saturated heterocycles. The second-order valence-corrected chi connectivity index (χ2v) is 5.34. The van der Waals surface area contributed by atoms with Crippen LogP contribution < -0.4 is 11.1 Å². The van der Waals surface area contributed by atoms with Gasteiger partial charge in [-0.15, -0.1) is 0 Å². The van der Waals surface area contributed by atoms with Crippen LogP contribution in [-0.2, 0) is 17.9 Å². The zero-order chi connectivity index (χ0) is 15.2. The number of nitrogens with one attached hydrogen (secondary N) is 1. The first-order chi connectivity index (χ1) is 10.1. The zero-order valence-corrected chi connectivity index (χ0v) is 12.5. The Morgan fingerprint density at radius 1 is 1.29 bits per heavy atom. The Balaban J connectivity index is 2.02. The number of carbonyl (C=O) groups excluding carboxylic acids is 1. The van der Waals surface area contributed by atoms with E-state index in [1.807, 2.05) is 49.0 Å². The van der Waals surface area contributed by atoms with Crippen molar-refractivity contribution >= 4 is 5.91 Å². The average molecular weight is 286 g/mol. The highest BCUT2D eigenvalue weighted by Gasteiger charge is 2.16. The van der Waals surface area contributed by atoms with Crippen LogP contribution in [0.1, 0.15) is 25.0 Å². The molecule has 112 valence electrons. The lowest BCUT2D eigenvalue weighted by molar-refractivity contribution is -0.125. The molecule has 5 heteroatoms.